The van der Waals surface area contributed by atoms with Crippen molar-refractivity contribution in [3.63, 3.8) is 0 Å². The minimum absolute atomic E-state index is 1.51. The molecule has 7 nitrogen and oxygen atoms in total. The molecule has 56 valence electrons. The van der Waals surface area contributed by atoms with E-state index in [1.54, 1.807) is 12.4 Å². The number of hydrazine groups is 4. The average molecular weight is 143 g/mol. The van der Waals surface area contributed by atoms with Gasteiger partial charge in [0.15, 0.2) is 0 Å². The summed E-state index contributed by atoms with van der Waals surface area (Å²) in [6.45, 7) is 0. The Kier molecular flexibility index (Phi) is 2.93. The van der Waals surface area contributed by atoms with Gasteiger partial charge in [-0.2, -0.15) is 10.6 Å². The zero-order chi connectivity index (χ0) is 7.07. The van der Waals surface area contributed by atoms with Crippen molar-refractivity contribution in [2.75, 3.05) is 0 Å². The van der Waals surface area contributed by atoms with Crippen molar-refractivity contribution >= 4 is 6.34 Å². The molecule has 0 amide bonds. The maximum absolute atomic E-state index is 3.49. The molecule has 0 saturated carbocycles. The van der Waals surface area contributed by atoms with Crippen LogP contribution in [0.15, 0.2) is 17.5 Å². The third kappa shape index (κ3) is 2.74. The van der Waals surface area contributed by atoms with Crippen LogP contribution in [0.25, 0.3) is 0 Å². The lowest BCUT2D eigenvalue weighted by Crippen LogP contribution is -2.31. The number of nitrogens with one attached hydrogen (secondary N) is 6. The molecule has 0 aliphatic carbocycles. The lowest BCUT2D eigenvalue weighted by atomic mass is 11.0. The molecule has 0 aromatic heterocycles. The number of hydrogen-bond acceptors (Lipinski definition) is 7. The van der Waals surface area contributed by atoms with Gasteiger partial charge in [-0.1, -0.05) is 0 Å². The summed E-state index contributed by atoms with van der Waals surface area (Å²) in [6, 6.07) is 0. The molecular formula is C3H9N7. The maximum Gasteiger partial charge on any atom is 0.125 e. The fourth-order valence-electron chi connectivity index (χ4n) is 0.370. The van der Waals surface area contributed by atoms with Gasteiger partial charge in [0, 0.05) is 12.4 Å². The van der Waals surface area contributed by atoms with E-state index in [2.05, 4.69) is 38.0 Å². The number of rotatable bonds is 0. The van der Waals surface area contributed by atoms with E-state index in [0.29, 0.717) is 0 Å². The third-order valence-corrected chi connectivity index (χ3v) is 0.716. The summed E-state index contributed by atoms with van der Waals surface area (Å²) in [5.41, 5.74) is 15.5. The molecule has 0 fully saturated rings. The van der Waals surface area contributed by atoms with E-state index < -0.39 is 0 Å². The Balaban J connectivity index is 0.0000001000. The van der Waals surface area contributed by atoms with E-state index >= 15 is 0 Å². The van der Waals surface area contributed by atoms with Gasteiger partial charge < -0.3 is 10.9 Å². The lowest BCUT2D eigenvalue weighted by Gasteiger charge is -1.86. The summed E-state index contributed by atoms with van der Waals surface area (Å²) in [5.74, 6) is 0. The molecule has 0 aromatic carbocycles. The predicted molar refractivity (Wildman–Crippen MR) is 36.4 cm³/mol. The maximum atomic E-state index is 3.49. The van der Waals surface area contributed by atoms with E-state index in [4.69, 9.17) is 0 Å². The van der Waals surface area contributed by atoms with Gasteiger partial charge in [-0.3, -0.25) is 5.43 Å². The summed E-state index contributed by atoms with van der Waals surface area (Å²) in [5, 5.41) is 3.49. The highest BCUT2D eigenvalue weighted by atomic mass is 15.8. The van der Waals surface area contributed by atoms with Crippen molar-refractivity contribution in [2.24, 2.45) is 5.10 Å². The van der Waals surface area contributed by atoms with Gasteiger partial charge in [-0.25, -0.2) is 5.53 Å². The molecule has 2 rings (SSSR count). The van der Waals surface area contributed by atoms with E-state index in [1.165, 1.54) is 6.34 Å². The molecule has 0 atom stereocenters. The number of nitrogens with zero attached hydrogens (tertiary/aromatic N) is 1. The van der Waals surface area contributed by atoms with E-state index in [9.17, 15) is 0 Å². The molecular weight excluding hydrogens is 134 g/mol. The van der Waals surface area contributed by atoms with Crippen molar-refractivity contribution in [3.8, 4) is 0 Å². The summed E-state index contributed by atoms with van der Waals surface area (Å²) in [6.07, 6.45) is 5.04. The molecule has 2 aliphatic heterocycles. The highest BCUT2D eigenvalue weighted by molar-refractivity contribution is 5.53. The van der Waals surface area contributed by atoms with Crippen molar-refractivity contribution in [2.45, 2.75) is 0 Å². The molecule has 2 aliphatic rings. The van der Waals surface area contributed by atoms with Gasteiger partial charge in [0.2, 0.25) is 0 Å². The Hall–Kier alpha value is -1.47. The van der Waals surface area contributed by atoms with E-state index in [0.717, 1.165) is 0 Å². The molecule has 2 heterocycles. The SMILES string of the molecule is C1=CNNN1.C1=NNNN1. The van der Waals surface area contributed by atoms with E-state index in [-0.39, 0.29) is 0 Å². The lowest BCUT2D eigenvalue weighted by molar-refractivity contribution is 0.578. The third-order valence-electron chi connectivity index (χ3n) is 0.716. The molecule has 0 aromatic rings. The standard InChI is InChI=1S/C2H5N3.CH4N4/c2*1-2-4-5-3-1/h1-5H;1,4-5H,(H,2,3). The van der Waals surface area contributed by atoms with Crippen LogP contribution in [0.1, 0.15) is 0 Å². The Labute approximate surface area is 57.8 Å². The fraction of sp³-hybridized carbons (Fsp3) is 0. The van der Waals surface area contributed by atoms with Gasteiger partial charge in [0.25, 0.3) is 0 Å². The van der Waals surface area contributed by atoms with Crippen LogP contribution in [0.3, 0.4) is 0 Å². The first-order valence-corrected chi connectivity index (χ1v) is 2.68. The first kappa shape index (κ1) is 6.65. The Bertz CT molecular complexity index is 101. The fourth-order valence-corrected chi connectivity index (χ4v) is 0.370. The van der Waals surface area contributed by atoms with Gasteiger partial charge >= 0.3 is 0 Å². The zero-order valence-corrected chi connectivity index (χ0v) is 5.18. The summed E-state index contributed by atoms with van der Waals surface area (Å²) in [4.78, 5) is 0. The quantitative estimate of drug-likeness (QED) is 0.227. The minimum atomic E-state index is 1.51. The van der Waals surface area contributed by atoms with Crippen LogP contribution in [-0.4, -0.2) is 6.34 Å². The zero-order valence-electron chi connectivity index (χ0n) is 5.18. The Morgan fingerprint density at radius 3 is 1.90 bits per heavy atom. The second kappa shape index (κ2) is 4.41. The van der Waals surface area contributed by atoms with Crippen LogP contribution < -0.4 is 32.9 Å². The molecule has 0 spiro atoms. The molecule has 7 heteroatoms. The van der Waals surface area contributed by atoms with Crippen molar-refractivity contribution in [3.05, 3.63) is 12.4 Å². The predicted octanol–water partition coefficient (Wildman–Crippen LogP) is -2.39. The largest absolute Gasteiger partial charge is 0.310 e. The van der Waals surface area contributed by atoms with Crippen molar-refractivity contribution < 1.29 is 0 Å². The molecule has 6 N–H and O–H groups in total. The van der Waals surface area contributed by atoms with Gasteiger partial charge in [0.1, 0.15) is 6.34 Å². The first-order chi connectivity index (χ1) is 5.00. The van der Waals surface area contributed by atoms with Crippen LogP contribution in [0.5, 0.6) is 0 Å². The summed E-state index contributed by atoms with van der Waals surface area (Å²) >= 11 is 0. The highest BCUT2D eigenvalue weighted by Gasteiger charge is 1.76. The number of hydrazone groups is 1. The van der Waals surface area contributed by atoms with Crippen molar-refractivity contribution in [1.29, 1.82) is 0 Å². The first-order valence-electron chi connectivity index (χ1n) is 2.68. The van der Waals surface area contributed by atoms with Gasteiger partial charge in [-0.05, 0) is 0 Å². The molecule has 0 bridgehead atoms. The van der Waals surface area contributed by atoms with Crippen LogP contribution in [0, 0.1) is 0 Å². The molecule has 0 saturated heterocycles. The summed E-state index contributed by atoms with van der Waals surface area (Å²) in [7, 11) is 0. The minimum Gasteiger partial charge on any atom is -0.310 e. The Morgan fingerprint density at radius 2 is 1.70 bits per heavy atom. The second-order valence-electron chi connectivity index (χ2n) is 1.39. The van der Waals surface area contributed by atoms with Crippen LogP contribution in [0.4, 0.5) is 0 Å². The topological polar surface area (TPSA) is 84.5 Å². The second-order valence-corrected chi connectivity index (χ2v) is 1.39. The van der Waals surface area contributed by atoms with Gasteiger partial charge in [-0.15, -0.1) is 5.53 Å². The van der Waals surface area contributed by atoms with Crippen LogP contribution in [0.2, 0.25) is 0 Å². The molecule has 0 radical (unpaired) electrons. The summed E-state index contributed by atoms with van der Waals surface area (Å²) < 4.78 is 0. The monoisotopic (exact) mass is 143 g/mol. The molecule has 0 unspecified atom stereocenters. The van der Waals surface area contributed by atoms with Crippen LogP contribution in [-0.2, 0) is 0 Å². The smallest absolute Gasteiger partial charge is 0.125 e. The average Bonchev–Trinajstić information content (AvgIpc) is 2.67. The van der Waals surface area contributed by atoms with Gasteiger partial charge in [0.05, 0.1) is 0 Å². The normalized spacial score (nSPS) is 17.6. The van der Waals surface area contributed by atoms with E-state index in [1.807, 2.05) is 0 Å². The number of hydrogen-bond donors (Lipinski definition) is 6. The molecule has 10 heavy (non-hydrogen) atoms. The van der Waals surface area contributed by atoms with Crippen LogP contribution >= 0.6 is 0 Å². The highest BCUT2D eigenvalue weighted by Crippen LogP contribution is 1.58. The van der Waals surface area contributed by atoms with Crippen molar-refractivity contribution in [1.82, 2.24) is 32.9 Å². The Morgan fingerprint density at radius 1 is 0.900 bits per heavy atom.